The van der Waals surface area contributed by atoms with Gasteiger partial charge in [-0.3, -0.25) is 4.79 Å². The van der Waals surface area contributed by atoms with Gasteiger partial charge in [-0.2, -0.15) is 0 Å². The second-order valence-electron chi connectivity index (χ2n) is 5.31. The normalized spacial score (nSPS) is 19.6. The van der Waals surface area contributed by atoms with Gasteiger partial charge in [-0.05, 0) is 51.3 Å². The Balaban J connectivity index is 2.11. The molecule has 0 saturated carbocycles. The lowest BCUT2D eigenvalue weighted by atomic mass is 9.98. The smallest absolute Gasteiger partial charge is 0.228 e. The third-order valence-electron chi connectivity index (χ3n) is 3.59. The van der Waals surface area contributed by atoms with Crippen molar-refractivity contribution in [1.29, 1.82) is 0 Å². The molecule has 1 unspecified atom stereocenters. The molecule has 1 atom stereocenters. The highest BCUT2D eigenvalue weighted by Gasteiger charge is 2.21. The van der Waals surface area contributed by atoms with E-state index < -0.39 is 0 Å². The summed E-state index contributed by atoms with van der Waals surface area (Å²) < 4.78 is 0. The average molecular weight is 246 g/mol. The van der Waals surface area contributed by atoms with Gasteiger partial charge in [0, 0.05) is 12.2 Å². The number of amides is 1. The largest absolute Gasteiger partial charge is 0.325 e. The fraction of sp³-hybridized carbons (Fsp3) is 0.533. The van der Waals surface area contributed by atoms with Crippen molar-refractivity contribution in [2.45, 2.75) is 33.6 Å². The van der Waals surface area contributed by atoms with Gasteiger partial charge in [0.25, 0.3) is 0 Å². The van der Waals surface area contributed by atoms with E-state index in [1.54, 1.807) is 0 Å². The summed E-state index contributed by atoms with van der Waals surface area (Å²) in [4.78, 5) is 12.2. The predicted octanol–water partition coefficient (Wildman–Crippen LogP) is 2.55. The SMILES string of the molecule is Cc1cc(C)c(NC(=O)C2CCCNC2)c(C)c1. The maximum Gasteiger partial charge on any atom is 0.228 e. The Labute approximate surface area is 109 Å². The minimum Gasteiger partial charge on any atom is -0.325 e. The van der Waals surface area contributed by atoms with Crippen LogP contribution in [0.25, 0.3) is 0 Å². The number of nitrogens with one attached hydrogen (secondary N) is 2. The van der Waals surface area contributed by atoms with Gasteiger partial charge < -0.3 is 10.6 Å². The third kappa shape index (κ3) is 2.91. The molecule has 0 spiro atoms. The minimum absolute atomic E-state index is 0.110. The molecule has 98 valence electrons. The number of hydrogen-bond acceptors (Lipinski definition) is 2. The highest BCUT2D eigenvalue weighted by atomic mass is 16.1. The molecule has 3 heteroatoms. The molecule has 1 saturated heterocycles. The number of rotatable bonds is 2. The summed E-state index contributed by atoms with van der Waals surface area (Å²) in [6.45, 7) is 8.02. The van der Waals surface area contributed by atoms with Crippen molar-refractivity contribution >= 4 is 11.6 Å². The molecule has 2 rings (SSSR count). The molecule has 18 heavy (non-hydrogen) atoms. The zero-order valence-corrected chi connectivity index (χ0v) is 11.5. The van der Waals surface area contributed by atoms with E-state index in [2.05, 4.69) is 43.5 Å². The monoisotopic (exact) mass is 246 g/mol. The zero-order chi connectivity index (χ0) is 13.1. The van der Waals surface area contributed by atoms with Crippen LogP contribution in [0.4, 0.5) is 5.69 Å². The van der Waals surface area contributed by atoms with Crippen molar-refractivity contribution in [2.75, 3.05) is 18.4 Å². The molecule has 2 N–H and O–H groups in total. The lowest BCUT2D eigenvalue weighted by molar-refractivity contribution is -0.120. The van der Waals surface area contributed by atoms with E-state index in [1.165, 1.54) is 5.56 Å². The number of aryl methyl sites for hydroxylation is 3. The Morgan fingerprint density at radius 1 is 1.28 bits per heavy atom. The Kier molecular flexibility index (Phi) is 4.02. The molecule has 1 aromatic rings. The average Bonchev–Trinajstić information content (AvgIpc) is 2.34. The van der Waals surface area contributed by atoms with Crippen LogP contribution >= 0.6 is 0 Å². The van der Waals surface area contributed by atoms with Gasteiger partial charge in [-0.25, -0.2) is 0 Å². The van der Waals surface area contributed by atoms with E-state index in [9.17, 15) is 4.79 Å². The van der Waals surface area contributed by atoms with Crippen LogP contribution in [0.2, 0.25) is 0 Å². The van der Waals surface area contributed by atoms with E-state index >= 15 is 0 Å². The van der Waals surface area contributed by atoms with E-state index in [0.717, 1.165) is 42.7 Å². The summed E-state index contributed by atoms with van der Waals surface area (Å²) in [5, 5.41) is 6.38. The fourth-order valence-corrected chi connectivity index (χ4v) is 2.68. The van der Waals surface area contributed by atoms with Crippen LogP contribution in [0.15, 0.2) is 12.1 Å². The van der Waals surface area contributed by atoms with Crippen LogP contribution in [-0.2, 0) is 4.79 Å². The highest BCUT2D eigenvalue weighted by Crippen LogP contribution is 2.23. The molecule has 1 aliphatic heterocycles. The standard InChI is InChI=1S/C15H22N2O/c1-10-7-11(2)14(12(3)8-10)17-15(18)13-5-4-6-16-9-13/h7-8,13,16H,4-6,9H2,1-3H3,(H,17,18). The van der Waals surface area contributed by atoms with E-state index in [0.29, 0.717) is 0 Å². The zero-order valence-electron chi connectivity index (χ0n) is 11.5. The quantitative estimate of drug-likeness (QED) is 0.842. The molecule has 3 nitrogen and oxygen atoms in total. The van der Waals surface area contributed by atoms with Crippen molar-refractivity contribution < 1.29 is 4.79 Å². The molecule has 1 aliphatic rings. The van der Waals surface area contributed by atoms with Crippen molar-refractivity contribution in [3.63, 3.8) is 0 Å². The molecule has 0 bridgehead atoms. The van der Waals surface area contributed by atoms with Crippen LogP contribution in [0, 0.1) is 26.7 Å². The summed E-state index contributed by atoms with van der Waals surface area (Å²) in [7, 11) is 0. The van der Waals surface area contributed by atoms with Gasteiger partial charge in [0.05, 0.1) is 5.92 Å². The first kappa shape index (κ1) is 13.1. The molecular weight excluding hydrogens is 224 g/mol. The van der Waals surface area contributed by atoms with Gasteiger partial charge in [0.2, 0.25) is 5.91 Å². The summed E-state index contributed by atoms with van der Waals surface area (Å²) in [5.41, 5.74) is 4.51. The molecule has 1 amide bonds. The van der Waals surface area contributed by atoms with E-state index in [-0.39, 0.29) is 11.8 Å². The maximum atomic E-state index is 12.2. The van der Waals surface area contributed by atoms with Crippen LogP contribution in [-0.4, -0.2) is 19.0 Å². The number of piperidine rings is 1. The predicted molar refractivity (Wildman–Crippen MR) is 74.9 cm³/mol. The van der Waals surface area contributed by atoms with Crippen LogP contribution in [0.1, 0.15) is 29.5 Å². The van der Waals surface area contributed by atoms with Crippen LogP contribution in [0.3, 0.4) is 0 Å². The summed E-state index contributed by atoms with van der Waals surface area (Å²) in [6.07, 6.45) is 2.08. The van der Waals surface area contributed by atoms with E-state index in [4.69, 9.17) is 0 Å². The fourth-order valence-electron chi connectivity index (χ4n) is 2.68. The Morgan fingerprint density at radius 3 is 2.50 bits per heavy atom. The Morgan fingerprint density at radius 2 is 1.94 bits per heavy atom. The lowest BCUT2D eigenvalue weighted by Crippen LogP contribution is -2.37. The van der Waals surface area contributed by atoms with Crippen LogP contribution in [0.5, 0.6) is 0 Å². The number of benzene rings is 1. The first-order valence-electron chi connectivity index (χ1n) is 6.67. The Hall–Kier alpha value is -1.35. The van der Waals surface area contributed by atoms with Crippen LogP contribution < -0.4 is 10.6 Å². The van der Waals surface area contributed by atoms with Gasteiger partial charge in [0.15, 0.2) is 0 Å². The van der Waals surface area contributed by atoms with Gasteiger partial charge >= 0.3 is 0 Å². The first-order chi connectivity index (χ1) is 8.58. The van der Waals surface area contributed by atoms with Gasteiger partial charge in [-0.1, -0.05) is 17.7 Å². The summed E-state index contributed by atoms with van der Waals surface area (Å²) in [5.74, 6) is 0.260. The molecule has 0 aromatic heterocycles. The van der Waals surface area contributed by atoms with Crippen molar-refractivity contribution in [3.8, 4) is 0 Å². The second kappa shape index (κ2) is 5.53. The lowest BCUT2D eigenvalue weighted by Gasteiger charge is -2.23. The highest BCUT2D eigenvalue weighted by molar-refractivity contribution is 5.94. The molecule has 0 aliphatic carbocycles. The summed E-state index contributed by atoms with van der Waals surface area (Å²) in [6, 6.07) is 4.23. The second-order valence-corrected chi connectivity index (χ2v) is 5.31. The molecule has 0 radical (unpaired) electrons. The molecule has 1 fully saturated rings. The van der Waals surface area contributed by atoms with Crippen molar-refractivity contribution in [3.05, 3.63) is 28.8 Å². The number of carbonyl (C=O) groups excluding carboxylic acids is 1. The van der Waals surface area contributed by atoms with E-state index in [1.807, 2.05) is 0 Å². The number of anilines is 1. The minimum atomic E-state index is 0.110. The number of hydrogen-bond donors (Lipinski definition) is 2. The summed E-state index contributed by atoms with van der Waals surface area (Å²) >= 11 is 0. The maximum absolute atomic E-state index is 12.2. The Bertz CT molecular complexity index is 425. The topological polar surface area (TPSA) is 41.1 Å². The molecule has 1 aromatic carbocycles. The third-order valence-corrected chi connectivity index (χ3v) is 3.59. The van der Waals surface area contributed by atoms with Crippen molar-refractivity contribution in [2.24, 2.45) is 5.92 Å². The molecular formula is C15H22N2O. The first-order valence-corrected chi connectivity index (χ1v) is 6.67. The van der Waals surface area contributed by atoms with Gasteiger partial charge in [-0.15, -0.1) is 0 Å². The molecule has 1 heterocycles. The number of carbonyl (C=O) groups is 1. The van der Waals surface area contributed by atoms with Gasteiger partial charge in [0.1, 0.15) is 0 Å². The van der Waals surface area contributed by atoms with Crippen molar-refractivity contribution in [1.82, 2.24) is 5.32 Å².